The van der Waals surface area contributed by atoms with Crippen LogP contribution in [0.25, 0.3) is 0 Å². The number of hydrogen-bond donors (Lipinski definition) is 0. The summed E-state index contributed by atoms with van der Waals surface area (Å²) in [7, 11) is 0. The lowest BCUT2D eigenvalue weighted by atomic mass is 9.81. The summed E-state index contributed by atoms with van der Waals surface area (Å²) >= 11 is 0. The highest BCUT2D eigenvalue weighted by Gasteiger charge is 2.31. The fourth-order valence-corrected chi connectivity index (χ4v) is 2.11. The second-order valence-corrected chi connectivity index (χ2v) is 4.05. The Kier molecular flexibility index (Phi) is 3.38. The third kappa shape index (κ3) is 1.86. The van der Waals surface area contributed by atoms with Crippen LogP contribution in [-0.4, -0.2) is 11.6 Å². The van der Waals surface area contributed by atoms with Gasteiger partial charge in [0.1, 0.15) is 0 Å². The predicted octanol–water partition coefficient (Wildman–Crippen LogP) is 3.01. The Morgan fingerprint density at radius 2 is 1.89 bits per heavy atom. The second-order valence-electron chi connectivity index (χ2n) is 4.05. The molecule has 0 bridgehead atoms. The summed E-state index contributed by atoms with van der Waals surface area (Å²) in [5, 5.41) is 0. The molecule has 0 spiro atoms. The van der Waals surface area contributed by atoms with Crippen LogP contribution in [0.5, 0.6) is 0 Å². The van der Waals surface area contributed by atoms with Crippen molar-refractivity contribution in [3.8, 4) is 0 Å². The molecule has 0 aliphatic heterocycles. The maximum absolute atomic E-state index is 12.4. The molecule has 0 aromatic heterocycles. The van der Waals surface area contributed by atoms with Crippen molar-refractivity contribution in [2.24, 2.45) is 0 Å². The van der Waals surface area contributed by atoms with Gasteiger partial charge in [0.25, 0.3) is 0 Å². The summed E-state index contributed by atoms with van der Waals surface area (Å²) in [6.45, 7) is 5.45. The van der Waals surface area contributed by atoms with Crippen LogP contribution in [0.15, 0.2) is 71.4 Å². The van der Waals surface area contributed by atoms with Crippen LogP contribution in [0.4, 0.5) is 0 Å². The molecule has 0 unspecified atom stereocenters. The number of allylic oxidation sites excluding steroid dienone is 11. The van der Waals surface area contributed by atoms with Gasteiger partial charge in [-0.3, -0.25) is 9.59 Å². The molecule has 18 heavy (non-hydrogen) atoms. The van der Waals surface area contributed by atoms with Crippen LogP contribution in [0.3, 0.4) is 0 Å². The largest absolute Gasteiger partial charge is 0.289 e. The molecule has 0 heterocycles. The van der Waals surface area contributed by atoms with E-state index in [2.05, 4.69) is 6.58 Å². The molecule has 2 nitrogen and oxygen atoms in total. The van der Waals surface area contributed by atoms with Crippen molar-refractivity contribution in [3.63, 3.8) is 0 Å². The van der Waals surface area contributed by atoms with Crippen LogP contribution in [0, 0.1) is 0 Å². The molecule has 2 rings (SSSR count). The Labute approximate surface area is 106 Å². The van der Waals surface area contributed by atoms with Crippen molar-refractivity contribution in [2.75, 3.05) is 0 Å². The molecular weight excluding hydrogens is 224 g/mol. The van der Waals surface area contributed by atoms with E-state index in [4.69, 9.17) is 0 Å². The number of carbonyl (C=O) groups is 2. The molecule has 90 valence electrons. The third-order valence-corrected chi connectivity index (χ3v) is 2.95. The molecule has 0 saturated heterocycles. The highest BCUT2D eigenvalue weighted by Crippen LogP contribution is 2.30. The minimum Gasteiger partial charge on any atom is -0.289 e. The number of fused-ring (bicyclic) bond motifs is 1. The molecule has 0 fully saturated rings. The quantitative estimate of drug-likeness (QED) is 0.741. The smallest absolute Gasteiger partial charge is 0.194 e. The van der Waals surface area contributed by atoms with Gasteiger partial charge >= 0.3 is 0 Å². The number of hydrogen-bond acceptors (Lipinski definition) is 2. The minimum absolute atomic E-state index is 0.0995. The standard InChI is InChI=1S/C16H14O2/c1-3-8-12-11(4-2)15(17)13-9-6-5-7-10-14(13)16(12)18/h3-6,8-10H,2,7H2,1H3/b8-3-. The van der Waals surface area contributed by atoms with Crippen LogP contribution in [-0.2, 0) is 9.59 Å². The topological polar surface area (TPSA) is 34.1 Å². The third-order valence-electron chi connectivity index (χ3n) is 2.95. The Morgan fingerprint density at radius 1 is 1.17 bits per heavy atom. The van der Waals surface area contributed by atoms with E-state index in [0.717, 1.165) is 0 Å². The highest BCUT2D eigenvalue weighted by molar-refractivity contribution is 6.31. The first-order valence-electron chi connectivity index (χ1n) is 5.87. The summed E-state index contributed by atoms with van der Waals surface area (Å²) in [5.74, 6) is -0.229. The summed E-state index contributed by atoms with van der Waals surface area (Å²) in [6, 6.07) is 0. The number of carbonyl (C=O) groups excluding carboxylic acids is 2. The van der Waals surface area contributed by atoms with Crippen molar-refractivity contribution < 1.29 is 9.59 Å². The number of ketones is 2. The zero-order valence-electron chi connectivity index (χ0n) is 10.3. The molecule has 0 aromatic rings. The normalized spacial score (nSPS) is 19.6. The van der Waals surface area contributed by atoms with Crippen molar-refractivity contribution in [1.82, 2.24) is 0 Å². The summed E-state index contributed by atoms with van der Waals surface area (Å²) < 4.78 is 0. The molecule has 2 aliphatic carbocycles. The molecule has 0 atom stereocenters. The zero-order chi connectivity index (χ0) is 13.1. The van der Waals surface area contributed by atoms with Crippen LogP contribution < -0.4 is 0 Å². The lowest BCUT2D eigenvalue weighted by molar-refractivity contribution is -0.116. The lowest BCUT2D eigenvalue weighted by Gasteiger charge is -2.19. The maximum atomic E-state index is 12.4. The molecule has 2 aliphatic rings. The van der Waals surface area contributed by atoms with E-state index < -0.39 is 0 Å². The van der Waals surface area contributed by atoms with Gasteiger partial charge in [0.2, 0.25) is 0 Å². The molecule has 0 N–H and O–H groups in total. The Morgan fingerprint density at radius 3 is 2.56 bits per heavy atom. The first-order chi connectivity index (χ1) is 8.70. The summed E-state index contributed by atoms with van der Waals surface area (Å²) in [4.78, 5) is 24.7. The second kappa shape index (κ2) is 4.96. The van der Waals surface area contributed by atoms with E-state index in [1.165, 1.54) is 6.08 Å². The van der Waals surface area contributed by atoms with Gasteiger partial charge in [-0.2, -0.15) is 0 Å². The molecular formula is C16H14O2. The van der Waals surface area contributed by atoms with E-state index in [9.17, 15) is 9.59 Å². The van der Waals surface area contributed by atoms with E-state index in [0.29, 0.717) is 28.7 Å². The maximum Gasteiger partial charge on any atom is 0.194 e. The summed E-state index contributed by atoms with van der Waals surface area (Å²) in [5.41, 5.74) is 1.79. The Bertz CT molecular complexity index is 578. The average Bonchev–Trinajstić information content (AvgIpc) is 2.62. The van der Waals surface area contributed by atoms with Gasteiger partial charge in [-0.05, 0) is 13.3 Å². The van der Waals surface area contributed by atoms with Gasteiger partial charge in [0.05, 0.1) is 0 Å². The zero-order valence-corrected chi connectivity index (χ0v) is 10.3. The van der Waals surface area contributed by atoms with E-state index in [-0.39, 0.29) is 11.6 Å². The van der Waals surface area contributed by atoms with Gasteiger partial charge in [0, 0.05) is 22.3 Å². The van der Waals surface area contributed by atoms with Crippen LogP contribution >= 0.6 is 0 Å². The average molecular weight is 238 g/mol. The van der Waals surface area contributed by atoms with E-state index >= 15 is 0 Å². The van der Waals surface area contributed by atoms with Crippen molar-refractivity contribution in [2.45, 2.75) is 13.3 Å². The number of Topliss-reactive ketones (excluding diaryl/α,β-unsaturated/α-hetero) is 2. The SMILES string of the molecule is C=CC1=C(/C=C\C)C(=O)C2=CCC=CC=C2C1=O. The van der Waals surface area contributed by atoms with Gasteiger partial charge in [-0.15, -0.1) is 0 Å². The Balaban J connectivity index is 2.69. The predicted molar refractivity (Wildman–Crippen MR) is 72.0 cm³/mol. The van der Waals surface area contributed by atoms with Crippen molar-refractivity contribution in [1.29, 1.82) is 0 Å². The van der Waals surface area contributed by atoms with Crippen molar-refractivity contribution in [3.05, 3.63) is 71.4 Å². The summed E-state index contributed by atoms with van der Waals surface area (Å²) in [6.07, 6.45) is 12.8. The van der Waals surface area contributed by atoms with Gasteiger partial charge < -0.3 is 0 Å². The van der Waals surface area contributed by atoms with Gasteiger partial charge in [0.15, 0.2) is 11.6 Å². The lowest BCUT2D eigenvalue weighted by Crippen LogP contribution is -2.23. The first kappa shape index (κ1) is 12.2. The van der Waals surface area contributed by atoms with E-state index in [1.54, 1.807) is 24.3 Å². The van der Waals surface area contributed by atoms with Gasteiger partial charge in [-0.25, -0.2) is 0 Å². The molecule has 0 radical (unpaired) electrons. The van der Waals surface area contributed by atoms with E-state index in [1.807, 2.05) is 19.1 Å². The fraction of sp³-hybridized carbons (Fsp3) is 0.125. The molecule has 0 saturated carbocycles. The van der Waals surface area contributed by atoms with Crippen molar-refractivity contribution >= 4 is 11.6 Å². The minimum atomic E-state index is -0.129. The molecule has 2 heteroatoms. The van der Waals surface area contributed by atoms with Crippen LogP contribution in [0.1, 0.15) is 13.3 Å². The van der Waals surface area contributed by atoms with Crippen LogP contribution in [0.2, 0.25) is 0 Å². The van der Waals surface area contributed by atoms with Gasteiger partial charge in [-0.1, -0.05) is 49.1 Å². The fourth-order valence-electron chi connectivity index (χ4n) is 2.11. The molecule has 0 amide bonds. The Hall–Kier alpha value is -2.22. The highest BCUT2D eigenvalue weighted by atomic mass is 16.1. The monoisotopic (exact) mass is 238 g/mol. The molecule has 0 aromatic carbocycles. The number of rotatable bonds is 2. The first-order valence-corrected chi connectivity index (χ1v) is 5.87.